The lowest BCUT2D eigenvalue weighted by atomic mass is 10.4. The minimum atomic E-state index is -0.852. The molecule has 0 atom stereocenters. The highest BCUT2D eigenvalue weighted by molar-refractivity contribution is 7.99. The zero-order valence-corrected chi connectivity index (χ0v) is 11.9. The van der Waals surface area contributed by atoms with Gasteiger partial charge in [-0.1, -0.05) is 11.8 Å². The van der Waals surface area contributed by atoms with Crippen molar-refractivity contribution >= 4 is 17.7 Å². The number of carboxylic acid groups (broad SMARTS) is 1. The molecule has 2 heterocycles. The van der Waals surface area contributed by atoms with Crippen molar-refractivity contribution in [3.8, 4) is 0 Å². The highest BCUT2D eigenvalue weighted by Crippen LogP contribution is 2.40. The second-order valence-corrected chi connectivity index (χ2v) is 5.78. The Hall–Kier alpha value is -1.83. The highest BCUT2D eigenvalue weighted by atomic mass is 32.2. The maximum absolute atomic E-state index is 10.7. The Morgan fingerprint density at radius 1 is 1.50 bits per heavy atom. The molecule has 2 aromatic heterocycles. The van der Waals surface area contributed by atoms with Gasteiger partial charge in [0.15, 0.2) is 5.16 Å². The molecule has 3 rings (SSSR count). The maximum Gasteiger partial charge on any atom is 0.313 e. The molecule has 1 fully saturated rings. The van der Waals surface area contributed by atoms with Crippen molar-refractivity contribution in [2.45, 2.75) is 30.5 Å². The lowest BCUT2D eigenvalue weighted by molar-refractivity contribution is -0.133. The van der Waals surface area contributed by atoms with Gasteiger partial charge in [0.25, 0.3) is 0 Å². The topological polar surface area (TPSA) is 85.8 Å². The van der Waals surface area contributed by atoms with Crippen LogP contribution in [-0.2, 0) is 18.4 Å². The van der Waals surface area contributed by atoms with E-state index in [2.05, 4.69) is 15.2 Å². The minimum absolute atomic E-state index is 0.0106. The number of carbonyl (C=O) groups is 1. The molecule has 0 saturated heterocycles. The fourth-order valence-electron chi connectivity index (χ4n) is 2.02. The summed E-state index contributed by atoms with van der Waals surface area (Å²) >= 11 is 1.20. The van der Waals surface area contributed by atoms with Crippen LogP contribution < -0.4 is 0 Å². The minimum Gasteiger partial charge on any atom is -0.481 e. The summed E-state index contributed by atoms with van der Waals surface area (Å²) in [6.07, 6.45) is 5.89. The Bertz CT molecular complexity index is 632. The van der Waals surface area contributed by atoms with Crippen LogP contribution in [-0.4, -0.2) is 41.1 Å². The molecule has 0 spiro atoms. The summed E-state index contributed by atoms with van der Waals surface area (Å²) in [5.41, 5.74) is 0. The Labute approximate surface area is 120 Å². The SMILES string of the molecule is Cn1ccnc1Cn1c(SCC(=O)O)nnc1C1CC1. The second kappa shape index (κ2) is 5.28. The highest BCUT2D eigenvalue weighted by Gasteiger charge is 2.30. The van der Waals surface area contributed by atoms with Gasteiger partial charge in [0.05, 0.1) is 12.3 Å². The van der Waals surface area contributed by atoms with Crippen LogP contribution >= 0.6 is 11.8 Å². The Morgan fingerprint density at radius 2 is 2.30 bits per heavy atom. The van der Waals surface area contributed by atoms with Gasteiger partial charge in [0.1, 0.15) is 11.6 Å². The lowest BCUT2D eigenvalue weighted by Gasteiger charge is -2.09. The number of aryl methyl sites for hydroxylation is 1. The molecule has 1 saturated carbocycles. The first kappa shape index (κ1) is 13.2. The summed E-state index contributed by atoms with van der Waals surface area (Å²) in [5.74, 6) is 1.45. The van der Waals surface area contributed by atoms with Crippen LogP contribution in [0.25, 0.3) is 0 Å². The fourth-order valence-corrected chi connectivity index (χ4v) is 2.68. The predicted molar refractivity (Wildman–Crippen MR) is 72.7 cm³/mol. The number of thioether (sulfide) groups is 1. The number of carboxylic acids is 1. The smallest absolute Gasteiger partial charge is 0.313 e. The first-order valence-corrected chi connectivity index (χ1v) is 7.37. The molecule has 7 nitrogen and oxygen atoms in total. The predicted octanol–water partition coefficient (Wildman–Crippen LogP) is 1.11. The van der Waals surface area contributed by atoms with Crippen molar-refractivity contribution in [3.63, 3.8) is 0 Å². The Balaban J connectivity index is 1.87. The van der Waals surface area contributed by atoms with Gasteiger partial charge in [-0.15, -0.1) is 10.2 Å². The summed E-state index contributed by atoms with van der Waals surface area (Å²) in [6, 6.07) is 0. The summed E-state index contributed by atoms with van der Waals surface area (Å²) in [5, 5.41) is 17.8. The molecule has 106 valence electrons. The van der Waals surface area contributed by atoms with Gasteiger partial charge in [-0.05, 0) is 12.8 Å². The molecule has 0 amide bonds. The van der Waals surface area contributed by atoms with Crippen LogP contribution in [0.1, 0.15) is 30.4 Å². The third kappa shape index (κ3) is 2.69. The van der Waals surface area contributed by atoms with E-state index in [0.717, 1.165) is 24.5 Å². The van der Waals surface area contributed by atoms with Gasteiger partial charge >= 0.3 is 5.97 Å². The second-order valence-electron chi connectivity index (χ2n) is 4.84. The number of nitrogens with zero attached hydrogens (tertiary/aromatic N) is 5. The normalized spacial score (nSPS) is 14.7. The van der Waals surface area contributed by atoms with Gasteiger partial charge in [-0.2, -0.15) is 0 Å². The quantitative estimate of drug-likeness (QED) is 0.803. The molecule has 0 bridgehead atoms. The zero-order valence-electron chi connectivity index (χ0n) is 11.1. The molecular formula is C12H15N5O2S. The van der Waals surface area contributed by atoms with Gasteiger partial charge in [-0.25, -0.2) is 4.98 Å². The van der Waals surface area contributed by atoms with Gasteiger partial charge in [-0.3, -0.25) is 9.36 Å². The first-order chi connectivity index (χ1) is 9.65. The molecule has 0 radical (unpaired) electrons. The number of hydrogen-bond donors (Lipinski definition) is 1. The van der Waals surface area contributed by atoms with Crippen molar-refractivity contribution in [1.29, 1.82) is 0 Å². The summed E-state index contributed by atoms with van der Waals surface area (Å²) in [4.78, 5) is 15.0. The van der Waals surface area contributed by atoms with Crippen LogP contribution in [0.15, 0.2) is 17.6 Å². The largest absolute Gasteiger partial charge is 0.481 e. The molecule has 20 heavy (non-hydrogen) atoms. The van der Waals surface area contributed by atoms with E-state index in [1.807, 2.05) is 22.4 Å². The summed E-state index contributed by atoms with van der Waals surface area (Å²) in [7, 11) is 1.94. The van der Waals surface area contributed by atoms with Crippen LogP contribution in [0.4, 0.5) is 0 Å². The molecule has 8 heteroatoms. The van der Waals surface area contributed by atoms with Crippen LogP contribution in [0, 0.1) is 0 Å². The average Bonchev–Trinajstić information content (AvgIpc) is 3.06. The van der Waals surface area contributed by atoms with E-state index in [9.17, 15) is 4.79 Å². The Morgan fingerprint density at radius 3 is 2.90 bits per heavy atom. The number of hydrogen-bond acceptors (Lipinski definition) is 5. The van der Waals surface area contributed by atoms with Crippen molar-refractivity contribution in [2.75, 3.05) is 5.75 Å². The van der Waals surface area contributed by atoms with E-state index in [-0.39, 0.29) is 5.75 Å². The number of aromatic nitrogens is 5. The molecule has 1 N–H and O–H groups in total. The van der Waals surface area contributed by atoms with Crippen molar-refractivity contribution in [2.24, 2.45) is 7.05 Å². The van der Waals surface area contributed by atoms with Crippen LogP contribution in [0.5, 0.6) is 0 Å². The lowest BCUT2D eigenvalue weighted by Crippen LogP contribution is -2.10. The van der Waals surface area contributed by atoms with Gasteiger partial charge in [0, 0.05) is 25.4 Å². The molecule has 0 unspecified atom stereocenters. The van der Waals surface area contributed by atoms with E-state index in [4.69, 9.17) is 5.11 Å². The number of imidazole rings is 1. The van der Waals surface area contributed by atoms with Crippen molar-refractivity contribution < 1.29 is 9.90 Å². The molecule has 1 aliphatic rings. The van der Waals surface area contributed by atoms with Gasteiger partial charge < -0.3 is 9.67 Å². The van der Waals surface area contributed by atoms with E-state index < -0.39 is 5.97 Å². The molecule has 2 aromatic rings. The average molecular weight is 293 g/mol. The maximum atomic E-state index is 10.7. The summed E-state index contributed by atoms with van der Waals surface area (Å²) in [6.45, 7) is 0.574. The number of rotatable bonds is 6. The molecule has 0 aromatic carbocycles. The van der Waals surface area contributed by atoms with Crippen molar-refractivity contribution in [3.05, 3.63) is 24.0 Å². The van der Waals surface area contributed by atoms with Crippen LogP contribution in [0.3, 0.4) is 0 Å². The molecule has 1 aliphatic carbocycles. The van der Waals surface area contributed by atoms with E-state index >= 15 is 0 Å². The molecule has 0 aliphatic heterocycles. The van der Waals surface area contributed by atoms with Crippen LogP contribution in [0.2, 0.25) is 0 Å². The number of aliphatic carboxylic acids is 1. The standard InChI is InChI=1S/C12H15N5O2S/c1-16-5-4-13-9(16)6-17-11(8-2-3-8)14-15-12(17)20-7-10(18)19/h4-5,8H,2-3,6-7H2,1H3,(H,18,19). The van der Waals surface area contributed by atoms with Gasteiger partial charge in [0.2, 0.25) is 0 Å². The molecular weight excluding hydrogens is 278 g/mol. The third-order valence-electron chi connectivity index (χ3n) is 3.23. The van der Waals surface area contributed by atoms with E-state index in [1.165, 1.54) is 11.8 Å². The van der Waals surface area contributed by atoms with Crippen molar-refractivity contribution in [1.82, 2.24) is 24.3 Å². The summed E-state index contributed by atoms with van der Waals surface area (Å²) < 4.78 is 3.94. The first-order valence-electron chi connectivity index (χ1n) is 6.39. The van der Waals surface area contributed by atoms with E-state index in [1.54, 1.807) is 6.20 Å². The fraction of sp³-hybridized carbons (Fsp3) is 0.500. The Kier molecular flexibility index (Phi) is 3.47. The third-order valence-corrected chi connectivity index (χ3v) is 4.18. The monoisotopic (exact) mass is 293 g/mol. The zero-order chi connectivity index (χ0) is 14.1. The van der Waals surface area contributed by atoms with E-state index in [0.29, 0.717) is 17.6 Å².